The van der Waals surface area contributed by atoms with Gasteiger partial charge in [-0.2, -0.15) is 0 Å². The zero-order chi connectivity index (χ0) is 10.6. The van der Waals surface area contributed by atoms with E-state index in [1.165, 1.54) is 17.3 Å². The lowest BCUT2D eigenvalue weighted by atomic mass is 9.94. The van der Waals surface area contributed by atoms with E-state index in [4.69, 9.17) is 0 Å². The van der Waals surface area contributed by atoms with Gasteiger partial charge in [-0.3, -0.25) is 4.79 Å². The molecule has 1 heterocycles. The predicted molar refractivity (Wildman–Crippen MR) is 62.6 cm³/mol. The summed E-state index contributed by atoms with van der Waals surface area (Å²) in [6.45, 7) is 3.12. The smallest absolute Gasteiger partial charge is 0.250 e. The third kappa shape index (κ3) is 1.40. The van der Waals surface area contributed by atoms with Gasteiger partial charge in [0.1, 0.15) is 0 Å². The monoisotopic (exact) mass is 267 g/mol. The number of carbonyl (C=O) groups is 1. The zero-order valence-electron chi connectivity index (χ0n) is 8.79. The minimum absolute atomic E-state index is 0.182. The largest absolute Gasteiger partial charge is 0.333 e. The van der Waals surface area contributed by atoms with Crippen molar-refractivity contribution in [3.05, 3.63) is 22.2 Å². The number of rotatable bonds is 1. The highest BCUT2D eigenvalue weighted by atomic mass is 79.9. The van der Waals surface area contributed by atoms with Gasteiger partial charge < -0.3 is 4.90 Å². The quantitative estimate of drug-likeness (QED) is 0.715. The Morgan fingerprint density at radius 1 is 1.47 bits per heavy atom. The first-order valence-electron chi connectivity index (χ1n) is 5.48. The molecule has 0 aromatic carbocycles. The van der Waals surface area contributed by atoms with Gasteiger partial charge >= 0.3 is 0 Å². The molecule has 0 N–H and O–H groups in total. The Morgan fingerprint density at radius 2 is 2.20 bits per heavy atom. The number of allylic oxidation sites excluding steroid dienone is 3. The van der Waals surface area contributed by atoms with E-state index in [0.29, 0.717) is 5.92 Å². The highest BCUT2D eigenvalue weighted by molar-refractivity contribution is 9.11. The van der Waals surface area contributed by atoms with Crippen molar-refractivity contribution in [1.29, 1.82) is 0 Å². The summed E-state index contributed by atoms with van der Waals surface area (Å²) in [5, 5.41) is 0. The fourth-order valence-electron chi connectivity index (χ4n) is 2.51. The number of fused-ring (bicyclic) bond motifs is 1. The molecular formula is C12H14BrNO. The average Bonchev–Trinajstić information content (AvgIpc) is 2.84. The Balaban J connectivity index is 1.89. The van der Waals surface area contributed by atoms with Gasteiger partial charge in [0.25, 0.3) is 5.91 Å². The standard InChI is InChI=1S/C12H14BrNO/c1-12(4-5-12)14-7-8-6-9(13)2-3-10(8)11(14)15/h2-3,8H,4-7H2,1H3. The number of amides is 1. The van der Waals surface area contributed by atoms with Crippen LogP contribution in [-0.2, 0) is 4.79 Å². The van der Waals surface area contributed by atoms with Crippen LogP contribution in [-0.4, -0.2) is 22.9 Å². The van der Waals surface area contributed by atoms with Gasteiger partial charge in [-0.1, -0.05) is 28.1 Å². The summed E-state index contributed by atoms with van der Waals surface area (Å²) in [6, 6.07) is 0. The van der Waals surface area contributed by atoms with E-state index in [1.54, 1.807) is 0 Å². The van der Waals surface area contributed by atoms with Crippen LogP contribution in [0, 0.1) is 5.92 Å². The van der Waals surface area contributed by atoms with Crippen LogP contribution in [0.25, 0.3) is 0 Å². The molecule has 80 valence electrons. The van der Waals surface area contributed by atoms with Crippen molar-refractivity contribution in [2.75, 3.05) is 6.54 Å². The summed E-state index contributed by atoms with van der Waals surface area (Å²) in [6.07, 6.45) is 7.35. The molecule has 0 aromatic rings. The zero-order valence-corrected chi connectivity index (χ0v) is 10.4. The average molecular weight is 268 g/mol. The lowest BCUT2D eigenvalue weighted by Gasteiger charge is -2.23. The molecule has 15 heavy (non-hydrogen) atoms. The maximum Gasteiger partial charge on any atom is 0.250 e. The van der Waals surface area contributed by atoms with E-state index in [9.17, 15) is 4.79 Å². The minimum Gasteiger partial charge on any atom is -0.333 e. The summed E-state index contributed by atoms with van der Waals surface area (Å²) < 4.78 is 1.21. The lowest BCUT2D eigenvalue weighted by molar-refractivity contribution is -0.127. The van der Waals surface area contributed by atoms with Crippen LogP contribution in [0.5, 0.6) is 0 Å². The number of nitrogens with zero attached hydrogens (tertiary/aromatic N) is 1. The van der Waals surface area contributed by atoms with Gasteiger partial charge in [0.05, 0.1) is 0 Å². The van der Waals surface area contributed by atoms with Gasteiger partial charge in [-0.05, 0) is 30.7 Å². The first-order chi connectivity index (χ1) is 7.10. The number of likely N-dealkylation sites (tertiary alicyclic amines) is 1. The molecule has 2 fully saturated rings. The molecule has 1 saturated carbocycles. The third-order valence-corrected chi connectivity index (χ3v) is 4.43. The van der Waals surface area contributed by atoms with Crippen LogP contribution < -0.4 is 0 Å². The van der Waals surface area contributed by atoms with Crippen molar-refractivity contribution in [1.82, 2.24) is 4.90 Å². The third-order valence-electron chi connectivity index (χ3n) is 3.85. The summed E-state index contributed by atoms with van der Waals surface area (Å²) >= 11 is 3.52. The molecular weight excluding hydrogens is 254 g/mol. The molecule has 3 heteroatoms. The van der Waals surface area contributed by atoms with Gasteiger partial charge in [0.15, 0.2) is 0 Å². The van der Waals surface area contributed by atoms with E-state index in [2.05, 4.69) is 27.8 Å². The maximum absolute atomic E-state index is 12.1. The summed E-state index contributed by atoms with van der Waals surface area (Å²) in [7, 11) is 0. The van der Waals surface area contributed by atoms with Crippen molar-refractivity contribution >= 4 is 21.8 Å². The molecule has 0 aromatic heterocycles. The van der Waals surface area contributed by atoms with E-state index in [1.807, 2.05) is 12.2 Å². The predicted octanol–water partition coefficient (Wildman–Crippen LogP) is 2.61. The molecule has 1 saturated heterocycles. The second-order valence-corrected chi connectivity index (χ2v) is 6.07. The van der Waals surface area contributed by atoms with Crippen LogP contribution in [0.4, 0.5) is 0 Å². The fraction of sp³-hybridized carbons (Fsp3) is 0.583. The molecule has 2 nitrogen and oxygen atoms in total. The number of halogens is 1. The van der Waals surface area contributed by atoms with Crippen molar-refractivity contribution in [2.24, 2.45) is 5.92 Å². The van der Waals surface area contributed by atoms with E-state index < -0.39 is 0 Å². The fourth-order valence-corrected chi connectivity index (χ4v) is 3.04. The Labute approximate surface area is 98.1 Å². The number of hydrogen-bond acceptors (Lipinski definition) is 1. The number of carbonyl (C=O) groups excluding carboxylic acids is 1. The molecule has 1 aliphatic heterocycles. The van der Waals surface area contributed by atoms with Crippen molar-refractivity contribution in [2.45, 2.75) is 31.7 Å². The SMILES string of the molecule is CC1(N2CC3CC(Br)=CC=C3C2=O)CC1. The van der Waals surface area contributed by atoms with Crippen molar-refractivity contribution in [3.63, 3.8) is 0 Å². The van der Waals surface area contributed by atoms with Gasteiger partial charge in [-0.15, -0.1) is 0 Å². The van der Waals surface area contributed by atoms with Crippen LogP contribution in [0.2, 0.25) is 0 Å². The lowest BCUT2D eigenvalue weighted by Crippen LogP contribution is -2.36. The Bertz CT molecular complexity index is 392. The molecule has 0 spiro atoms. The van der Waals surface area contributed by atoms with E-state index in [-0.39, 0.29) is 11.4 Å². The van der Waals surface area contributed by atoms with E-state index >= 15 is 0 Å². The molecule has 1 atom stereocenters. The number of hydrogen-bond donors (Lipinski definition) is 0. The van der Waals surface area contributed by atoms with Gasteiger partial charge in [0, 0.05) is 23.6 Å². The maximum atomic E-state index is 12.1. The minimum atomic E-state index is 0.182. The van der Waals surface area contributed by atoms with Crippen LogP contribution in [0.15, 0.2) is 22.2 Å². The van der Waals surface area contributed by atoms with Gasteiger partial charge in [0.2, 0.25) is 0 Å². The van der Waals surface area contributed by atoms with Crippen LogP contribution in [0.1, 0.15) is 26.2 Å². The molecule has 3 rings (SSSR count). The molecule has 1 amide bonds. The molecule has 1 unspecified atom stereocenters. The van der Waals surface area contributed by atoms with E-state index in [0.717, 1.165) is 18.5 Å². The molecule has 0 bridgehead atoms. The Morgan fingerprint density at radius 3 is 2.87 bits per heavy atom. The summed E-state index contributed by atoms with van der Waals surface area (Å²) in [5.74, 6) is 0.700. The first-order valence-corrected chi connectivity index (χ1v) is 6.28. The van der Waals surface area contributed by atoms with Crippen molar-refractivity contribution < 1.29 is 4.79 Å². The molecule has 2 aliphatic carbocycles. The Kier molecular flexibility index (Phi) is 1.91. The second-order valence-electron chi connectivity index (χ2n) is 5.05. The van der Waals surface area contributed by atoms with Crippen LogP contribution in [0.3, 0.4) is 0 Å². The first kappa shape index (κ1) is 9.64. The highest BCUT2D eigenvalue weighted by Crippen LogP contribution is 2.47. The molecule has 3 aliphatic rings. The second kappa shape index (κ2) is 2.97. The Hall–Kier alpha value is -0.570. The normalized spacial score (nSPS) is 32.3. The van der Waals surface area contributed by atoms with Crippen molar-refractivity contribution in [3.8, 4) is 0 Å². The summed E-state index contributed by atoms with van der Waals surface area (Å²) in [5.41, 5.74) is 1.20. The van der Waals surface area contributed by atoms with Crippen LogP contribution >= 0.6 is 15.9 Å². The van der Waals surface area contributed by atoms with Gasteiger partial charge in [-0.25, -0.2) is 0 Å². The molecule has 0 radical (unpaired) electrons. The summed E-state index contributed by atoms with van der Waals surface area (Å²) in [4.78, 5) is 14.2. The topological polar surface area (TPSA) is 20.3 Å². The highest BCUT2D eigenvalue weighted by Gasteiger charge is 2.51.